The highest BCUT2D eigenvalue weighted by Crippen LogP contribution is 2.29. The molecule has 0 unspecified atom stereocenters. The summed E-state index contributed by atoms with van der Waals surface area (Å²) in [5, 5.41) is 0. The lowest BCUT2D eigenvalue weighted by Crippen LogP contribution is -2.31. The van der Waals surface area contributed by atoms with Crippen molar-refractivity contribution in [2.45, 2.75) is 19.8 Å². The van der Waals surface area contributed by atoms with Crippen molar-refractivity contribution in [2.24, 2.45) is 5.92 Å². The topological polar surface area (TPSA) is 3.24 Å². The molecule has 1 heterocycles. The van der Waals surface area contributed by atoms with Gasteiger partial charge in [-0.25, -0.2) is 0 Å². The van der Waals surface area contributed by atoms with Crippen LogP contribution >= 0.6 is 0 Å². The molecule has 0 aromatic heterocycles. The van der Waals surface area contributed by atoms with Crippen molar-refractivity contribution in [3.8, 4) is 0 Å². The molecule has 0 saturated heterocycles. The summed E-state index contributed by atoms with van der Waals surface area (Å²) in [5.41, 5.74) is 2.94. The van der Waals surface area contributed by atoms with Gasteiger partial charge in [0.05, 0.1) is 0 Å². The van der Waals surface area contributed by atoms with E-state index in [0.717, 1.165) is 5.92 Å². The van der Waals surface area contributed by atoms with Crippen molar-refractivity contribution in [3.05, 3.63) is 29.8 Å². The molecule has 0 fully saturated rings. The van der Waals surface area contributed by atoms with Crippen LogP contribution in [0.2, 0.25) is 0 Å². The Kier molecular flexibility index (Phi) is 2.26. The Morgan fingerprint density at radius 1 is 1.38 bits per heavy atom. The lowest BCUT2D eigenvalue weighted by atomic mass is 9.91. The molecular weight excluding hydrogens is 158 g/mol. The van der Waals surface area contributed by atoms with Gasteiger partial charge in [0.2, 0.25) is 0 Å². The van der Waals surface area contributed by atoms with Crippen molar-refractivity contribution < 1.29 is 0 Å². The smallest absolute Gasteiger partial charge is 0.0396 e. The SMILES string of the molecule is CC[C@H]1Cc2ccccc2N(C)C1. The zero-order valence-corrected chi connectivity index (χ0v) is 8.46. The molecule has 70 valence electrons. The molecule has 0 amide bonds. The third-order valence-electron chi connectivity index (χ3n) is 3.02. The normalized spacial score (nSPS) is 21.4. The number of nitrogens with zero attached hydrogens (tertiary/aromatic N) is 1. The van der Waals surface area contributed by atoms with Crippen LogP contribution in [0, 0.1) is 5.92 Å². The predicted octanol–water partition coefficient (Wildman–Crippen LogP) is 2.71. The van der Waals surface area contributed by atoms with Crippen LogP contribution < -0.4 is 4.90 Å². The van der Waals surface area contributed by atoms with Crippen LogP contribution in [-0.4, -0.2) is 13.6 Å². The first-order chi connectivity index (χ1) is 6.31. The van der Waals surface area contributed by atoms with Crippen LogP contribution in [0.15, 0.2) is 24.3 Å². The molecule has 0 spiro atoms. The fourth-order valence-electron chi connectivity index (χ4n) is 2.19. The number of hydrogen-bond acceptors (Lipinski definition) is 1. The summed E-state index contributed by atoms with van der Waals surface area (Å²) in [6, 6.07) is 8.75. The standard InChI is InChI=1S/C12H17N/c1-3-10-8-11-6-4-5-7-12(11)13(2)9-10/h4-7,10H,3,8-9H2,1-2H3/t10-/m0/s1. The molecule has 0 aliphatic carbocycles. The Balaban J connectivity index is 2.31. The molecule has 1 atom stereocenters. The van der Waals surface area contributed by atoms with Crippen LogP contribution in [0.4, 0.5) is 5.69 Å². The first-order valence-electron chi connectivity index (χ1n) is 5.10. The molecule has 0 saturated carbocycles. The second-order valence-corrected chi connectivity index (χ2v) is 3.99. The van der Waals surface area contributed by atoms with Crippen molar-refractivity contribution in [3.63, 3.8) is 0 Å². The minimum atomic E-state index is 0.847. The zero-order chi connectivity index (χ0) is 9.26. The average molecular weight is 175 g/mol. The number of fused-ring (bicyclic) bond motifs is 1. The maximum Gasteiger partial charge on any atom is 0.0396 e. The van der Waals surface area contributed by atoms with Gasteiger partial charge in [-0.05, 0) is 24.0 Å². The number of anilines is 1. The van der Waals surface area contributed by atoms with Gasteiger partial charge in [-0.2, -0.15) is 0 Å². The Morgan fingerprint density at radius 2 is 2.15 bits per heavy atom. The van der Waals surface area contributed by atoms with Crippen LogP contribution in [-0.2, 0) is 6.42 Å². The Bertz CT molecular complexity index is 293. The van der Waals surface area contributed by atoms with Gasteiger partial charge in [-0.15, -0.1) is 0 Å². The quantitative estimate of drug-likeness (QED) is 0.634. The molecule has 1 heteroatoms. The maximum absolute atomic E-state index is 2.38. The van der Waals surface area contributed by atoms with E-state index in [9.17, 15) is 0 Å². The lowest BCUT2D eigenvalue weighted by Gasteiger charge is -2.32. The molecule has 13 heavy (non-hydrogen) atoms. The fourth-order valence-corrected chi connectivity index (χ4v) is 2.19. The van der Waals surface area contributed by atoms with Crippen LogP contribution in [0.25, 0.3) is 0 Å². The molecule has 1 aromatic carbocycles. The van der Waals surface area contributed by atoms with E-state index in [1.165, 1.54) is 30.6 Å². The van der Waals surface area contributed by atoms with E-state index in [-0.39, 0.29) is 0 Å². The van der Waals surface area contributed by atoms with Gasteiger partial charge in [0.1, 0.15) is 0 Å². The lowest BCUT2D eigenvalue weighted by molar-refractivity contribution is 0.489. The van der Waals surface area contributed by atoms with Crippen molar-refractivity contribution in [1.82, 2.24) is 0 Å². The van der Waals surface area contributed by atoms with E-state index in [1.807, 2.05) is 0 Å². The monoisotopic (exact) mass is 175 g/mol. The molecule has 0 N–H and O–H groups in total. The fraction of sp³-hybridized carbons (Fsp3) is 0.500. The summed E-state index contributed by atoms with van der Waals surface area (Å²) in [4.78, 5) is 2.38. The molecule has 1 aliphatic rings. The Labute approximate surface area is 80.4 Å². The number of benzene rings is 1. The van der Waals surface area contributed by atoms with E-state index < -0.39 is 0 Å². The minimum Gasteiger partial charge on any atom is -0.374 e. The van der Waals surface area contributed by atoms with E-state index in [2.05, 4.69) is 43.1 Å². The van der Waals surface area contributed by atoms with Crippen LogP contribution in [0.1, 0.15) is 18.9 Å². The highest BCUT2D eigenvalue weighted by molar-refractivity contribution is 5.55. The second kappa shape index (κ2) is 3.41. The largest absolute Gasteiger partial charge is 0.374 e. The highest BCUT2D eigenvalue weighted by Gasteiger charge is 2.19. The Hall–Kier alpha value is -0.980. The summed E-state index contributed by atoms with van der Waals surface area (Å²) in [5.74, 6) is 0.847. The summed E-state index contributed by atoms with van der Waals surface area (Å²) in [6.45, 7) is 3.50. The number of para-hydroxylation sites is 1. The molecular formula is C12H17N. The van der Waals surface area contributed by atoms with Gasteiger partial charge < -0.3 is 4.90 Å². The van der Waals surface area contributed by atoms with Gasteiger partial charge in [-0.1, -0.05) is 31.5 Å². The van der Waals surface area contributed by atoms with Gasteiger partial charge in [0.25, 0.3) is 0 Å². The summed E-state index contributed by atoms with van der Waals surface area (Å²) < 4.78 is 0. The summed E-state index contributed by atoms with van der Waals surface area (Å²) in [7, 11) is 2.20. The van der Waals surface area contributed by atoms with Crippen molar-refractivity contribution >= 4 is 5.69 Å². The van der Waals surface area contributed by atoms with Crippen LogP contribution in [0.3, 0.4) is 0 Å². The average Bonchev–Trinajstić information content (AvgIpc) is 2.18. The Morgan fingerprint density at radius 3 is 2.92 bits per heavy atom. The maximum atomic E-state index is 2.38. The summed E-state index contributed by atoms with van der Waals surface area (Å²) >= 11 is 0. The molecule has 1 nitrogen and oxygen atoms in total. The van der Waals surface area contributed by atoms with Crippen molar-refractivity contribution in [2.75, 3.05) is 18.5 Å². The molecule has 1 aliphatic heterocycles. The molecule has 0 radical (unpaired) electrons. The number of rotatable bonds is 1. The molecule has 0 bridgehead atoms. The van der Waals surface area contributed by atoms with E-state index >= 15 is 0 Å². The van der Waals surface area contributed by atoms with Gasteiger partial charge >= 0.3 is 0 Å². The van der Waals surface area contributed by atoms with Crippen molar-refractivity contribution in [1.29, 1.82) is 0 Å². The van der Waals surface area contributed by atoms with E-state index in [0.29, 0.717) is 0 Å². The zero-order valence-electron chi connectivity index (χ0n) is 8.46. The number of hydrogen-bond donors (Lipinski definition) is 0. The van der Waals surface area contributed by atoms with E-state index in [1.54, 1.807) is 0 Å². The van der Waals surface area contributed by atoms with Gasteiger partial charge in [0, 0.05) is 19.3 Å². The minimum absolute atomic E-state index is 0.847. The first-order valence-corrected chi connectivity index (χ1v) is 5.10. The predicted molar refractivity (Wildman–Crippen MR) is 57.2 cm³/mol. The van der Waals surface area contributed by atoms with E-state index in [4.69, 9.17) is 0 Å². The van der Waals surface area contributed by atoms with Crippen LogP contribution in [0.5, 0.6) is 0 Å². The molecule has 1 aromatic rings. The highest BCUT2D eigenvalue weighted by atomic mass is 15.1. The summed E-state index contributed by atoms with van der Waals surface area (Å²) in [6.07, 6.45) is 2.55. The third-order valence-corrected chi connectivity index (χ3v) is 3.02. The van der Waals surface area contributed by atoms with Gasteiger partial charge in [-0.3, -0.25) is 0 Å². The third kappa shape index (κ3) is 1.55. The first kappa shape index (κ1) is 8.61. The van der Waals surface area contributed by atoms with Gasteiger partial charge in [0.15, 0.2) is 0 Å². The second-order valence-electron chi connectivity index (χ2n) is 3.99. The molecule has 2 rings (SSSR count).